The van der Waals surface area contributed by atoms with Crippen LogP contribution in [0.5, 0.6) is 0 Å². The van der Waals surface area contributed by atoms with E-state index in [1.807, 2.05) is 12.1 Å². The lowest BCUT2D eigenvalue weighted by Gasteiger charge is -2.35. The predicted octanol–water partition coefficient (Wildman–Crippen LogP) is 1.27. The van der Waals surface area contributed by atoms with Gasteiger partial charge in [-0.3, -0.25) is 4.79 Å². The van der Waals surface area contributed by atoms with Crippen LogP contribution in [0.2, 0.25) is 0 Å². The van der Waals surface area contributed by atoms with Gasteiger partial charge in [-0.25, -0.2) is 0 Å². The van der Waals surface area contributed by atoms with Gasteiger partial charge in [-0.15, -0.1) is 0 Å². The van der Waals surface area contributed by atoms with Crippen molar-refractivity contribution in [2.75, 3.05) is 13.1 Å². The van der Waals surface area contributed by atoms with Gasteiger partial charge < -0.3 is 10.0 Å². The summed E-state index contributed by atoms with van der Waals surface area (Å²) in [5, 5.41) is 9.07. The van der Waals surface area contributed by atoms with E-state index in [1.165, 1.54) is 0 Å². The average molecular weight is 256 g/mol. The Morgan fingerprint density at radius 3 is 2.79 bits per heavy atom. The Morgan fingerprint density at radius 2 is 2.21 bits per heavy atom. The Bertz CT molecular complexity index is 361. The molecule has 14 heavy (non-hydrogen) atoms. The molecule has 1 fully saturated rings. The minimum atomic E-state index is -0.342. The summed E-state index contributed by atoms with van der Waals surface area (Å²) in [6.45, 7) is 0.899. The van der Waals surface area contributed by atoms with Crippen LogP contribution in [0.25, 0.3) is 0 Å². The maximum Gasteiger partial charge on any atom is 0.254 e. The van der Waals surface area contributed by atoms with Crippen molar-refractivity contribution in [3.05, 3.63) is 34.3 Å². The molecule has 0 bridgehead atoms. The van der Waals surface area contributed by atoms with Gasteiger partial charge in [0.15, 0.2) is 0 Å². The minimum absolute atomic E-state index is 0.0170. The number of hydrogen-bond acceptors (Lipinski definition) is 2. The number of hydrogen-bond donors (Lipinski definition) is 1. The first kappa shape index (κ1) is 9.68. The molecule has 1 N–H and O–H groups in total. The molecule has 1 aromatic carbocycles. The van der Waals surface area contributed by atoms with E-state index in [0.717, 1.165) is 4.47 Å². The average Bonchev–Trinajstić information content (AvgIpc) is 2.12. The number of halogens is 1. The van der Waals surface area contributed by atoms with Crippen molar-refractivity contribution >= 4 is 21.8 Å². The number of rotatable bonds is 1. The molecule has 4 heteroatoms. The molecular formula is C10H10BrNO2. The highest BCUT2D eigenvalue weighted by molar-refractivity contribution is 9.10. The van der Waals surface area contributed by atoms with Gasteiger partial charge in [0.05, 0.1) is 6.10 Å². The Balaban J connectivity index is 2.12. The first-order chi connectivity index (χ1) is 6.66. The molecule has 1 saturated heterocycles. The van der Waals surface area contributed by atoms with Crippen molar-refractivity contribution in [1.82, 2.24) is 4.90 Å². The molecule has 0 aliphatic carbocycles. The van der Waals surface area contributed by atoms with Crippen molar-refractivity contribution in [2.45, 2.75) is 6.10 Å². The lowest BCUT2D eigenvalue weighted by atomic mass is 10.1. The lowest BCUT2D eigenvalue weighted by Crippen LogP contribution is -2.53. The monoisotopic (exact) mass is 255 g/mol. The topological polar surface area (TPSA) is 40.5 Å². The number of likely N-dealkylation sites (tertiary alicyclic amines) is 1. The fourth-order valence-corrected chi connectivity index (χ4v) is 1.82. The molecule has 3 nitrogen and oxygen atoms in total. The Kier molecular flexibility index (Phi) is 2.56. The quantitative estimate of drug-likeness (QED) is 0.821. The van der Waals surface area contributed by atoms with E-state index in [-0.39, 0.29) is 12.0 Å². The van der Waals surface area contributed by atoms with E-state index in [2.05, 4.69) is 15.9 Å². The Morgan fingerprint density at radius 1 is 1.50 bits per heavy atom. The van der Waals surface area contributed by atoms with E-state index in [1.54, 1.807) is 17.0 Å². The lowest BCUT2D eigenvalue weighted by molar-refractivity contribution is 0.00589. The van der Waals surface area contributed by atoms with Crippen molar-refractivity contribution in [3.63, 3.8) is 0 Å². The molecule has 1 aromatic rings. The second kappa shape index (κ2) is 3.71. The normalized spacial score (nSPS) is 16.6. The van der Waals surface area contributed by atoms with E-state index in [9.17, 15) is 4.79 Å². The maximum atomic E-state index is 11.7. The van der Waals surface area contributed by atoms with Crippen LogP contribution < -0.4 is 0 Å². The zero-order valence-electron chi connectivity index (χ0n) is 7.48. The number of β-amino-alcohol motifs (C(OH)–C–C–N with tert-alkyl or cyclic N) is 1. The Labute approximate surface area is 90.5 Å². The molecule has 1 amide bonds. The van der Waals surface area contributed by atoms with Crippen LogP contribution in [-0.2, 0) is 0 Å². The van der Waals surface area contributed by atoms with Crippen molar-refractivity contribution in [3.8, 4) is 0 Å². The molecule has 74 valence electrons. The van der Waals surface area contributed by atoms with Crippen molar-refractivity contribution in [1.29, 1.82) is 0 Å². The summed E-state index contributed by atoms with van der Waals surface area (Å²) in [6, 6.07) is 7.26. The zero-order valence-corrected chi connectivity index (χ0v) is 9.07. The molecular weight excluding hydrogens is 246 g/mol. The van der Waals surface area contributed by atoms with Crippen LogP contribution in [0, 0.1) is 0 Å². The summed E-state index contributed by atoms with van der Waals surface area (Å²) in [6.07, 6.45) is -0.342. The van der Waals surface area contributed by atoms with Crippen LogP contribution >= 0.6 is 15.9 Å². The molecule has 0 atom stereocenters. The molecule has 0 spiro atoms. The molecule has 0 saturated carbocycles. The van der Waals surface area contributed by atoms with Crippen LogP contribution in [0.3, 0.4) is 0 Å². The highest BCUT2D eigenvalue weighted by Gasteiger charge is 2.29. The number of carbonyl (C=O) groups is 1. The predicted molar refractivity (Wildman–Crippen MR) is 56.1 cm³/mol. The van der Waals surface area contributed by atoms with E-state index in [0.29, 0.717) is 18.7 Å². The summed E-state index contributed by atoms with van der Waals surface area (Å²) in [5.74, 6) is -0.0170. The molecule has 2 rings (SSSR count). The van der Waals surface area contributed by atoms with Gasteiger partial charge in [0, 0.05) is 23.1 Å². The first-order valence-corrected chi connectivity index (χ1v) is 5.19. The summed E-state index contributed by atoms with van der Waals surface area (Å²) in [7, 11) is 0. The van der Waals surface area contributed by atoms with E-state index >= 15 is 0 Å². The van der Waals surface area contributed by atoms with Gasteiger partial charge in [0.1, 0.15) is 0 Å². The number of nitrogens with zero attached hydrogens (tertiary/aromatic N) is 1. The molecule has 1 aliphatic rings. The van der Waals surface area contributed by atoms with Gasteiger partial charge in [-0.05, 0) is 18.2 Å². The SMILES string of the molecule is O=C(c1cccc(Br)c1)N1CC(O)C1. The van der Waals surface area contributed by atoms with Gasteiger partial charge in [-0.1, -0.05) is 22.0 Å². The highest BCUT2D eigenvalue weighted by Crippen LogP contribution is 2.16. The molecule has 1 heterocycles. The third-order valence-electron chi connectivity index (χ3n) is 2.22. The Hall–Kier alpha value is -0.870. The smallest absolute Gasteiger partial charge is 0.254 e. The van der Waals surface area contributed by atoms with Gasteiger partial charge in [0.2, 0.25) is 0 Å². The standard InChI is InChI=1S/C10H10BrNO2/c11-8-3-1-2-7(4-8)10(14)12-5-9(13)6-12/h1-4,9,13H,5-6H2. The van der Waals surface area contributed by atoms with E-state index < -0.39 is 0 Å². The minimum Gasteiger partial charge on any atom is -0.389 e. The molecule has 0 radical (unpaired) electrons. The second-order valence-corrected chi connectivity index (χ2v) is 4.29. The van der Waals surface area contributed by atoms with Gasteiger partial charge in [0.25, 0.3) is 5.91 Å². The number of amides is 1. The van der Waals surface area contributed by atoms with Gasteiger partial charge in [-0.2, -0.15) is 0 Å². The number of aliphatic hydroxyl groups is 1. The van der Waals surface area contributed by atoms with E-state index in [4.69, 9.17) is 5.11 Å². The summed E-state index contributed by atoms with van der Waals surface area (Å²) in [5.41, 5.74) is 0.659. The fraction of sp³-hybridized carbons (Fsp3) is 0.300. The molecule has 1 aliphatic heterocycles. The maximum absolute atomic E-state index is 11.7. The number of benzene rings is 1. The largest absolute Gasteiger partial charge is 0.389 e. The van der Waals surface area contributed by atoms with Crippen LogP contribution in [0.15, 0.2) is 28.7 Å². The zero-order chi connectivity index (χ0) is 10.1. The molecule has 0 unspecified atom stereocenters. The first-order valence-electron chi connectivity index (χ1n) is 4.40. The summed E-state index contributed by atoms with van der Waals surface area (Å²) >= 11 is 3.31. The van der Waals surface area contributed by atoms with Crippen LogP contribution in [0.4, 0.5) is 0 Å². The second-order valence-electron chi connectivity index (χ2n) is 3.37. The van der Waals surface area contributed by atoms with Crippen molar-refractivity contribution < 1.29 is 9.90 Å². The third-order valence-corrected chi connectivity index (χ3v) is 2.71. The molecule has 0 aromatic heterocycles. The summed E-state index contributed by atoms with van der Waals surface area (Å²) < 4.78 is 0.893. The fourth-order valence-electron chi connectivity index (χ4n) is 1.43. The van der Waals surface area contributed by atoms with Crippen LogP contribution in [0.1, 0.15) is 10.4 Å². The highest BCUT2D eigenvalue weighted by atomic mass is 79.9. The van der Waals surface area contributed by atoms with Crippen molar-refractivity contribution in [2.24, 2.45) is 0 Å². The van der Waals surface area contributed by atoms with Gasteiger partial charge >= 0.3 is 0 Å². The van der Waals surface area contributed by atoms with Crippen LogP contribution in [-0.4, -0.2) is 35.1 Å². The number of carbonyl (C=O) groups excluding carboxylic acids is 1. The number of aliphatic hydroxyl groups excluding tert-OH is 1. The third kappa shape index (κ3) is 1.81. The summed E-state index contributed by atoms with van der Waals surface area (Å²) in [4.78, 5) is 13.4.